The van der Waals surface area contributed by atoms with Gasteiger partial charge in [-0.15, -0.1) is 5.10 Å². The zero-order valence-electron chi connectivity index (χ0n) is 11.9. The quantitative estimate of drug-likeness (QED) is 0.571. The van der Waals surface area contributed by atoms with Gasteiger partial charge in [-0.3, -0.25) is 9.59 Å². The van der Waals surface area contributed by atoms with Gasteiger partial charge < -0.3 is 4.57 Å². The van der Waals surface area contributed by atoms with Gasteiger partial charge in [0.1, 0.15) is 5.82 Å². The number of hydrogen-bond donors (Lipinski definition) is 1. The number of aromatic amines is 1. The van der Waals surface area contributed by atoms with Crippen LogP contribution in [0.4, 0.5) is 4.39 Å². The van der Waals surface area contributed by atoms with Crippen molar-refractivity contribution in [3.8, 4) is 0 Å². The van der Waals surface area contributed by atoms with Gasteiger partial charge >= 0.3 is 11.1 Å². The Morgan fingerprint density at radius 2 is 1.70 bits per heavy atom. The molecule has 6 nitrogen and oxygen atoms in total. The van der Waals surface area contributed by atoms with Crippen LogP contribution >= 0.6 is 0 Å². The van der Waals surface area contributed by atoms with E-state index < -0.39 is 11.1 Å². The van der Waals surface area contributed by atoms with Crippen LogP contribution in [-0.4, -0.2) is 19.2 Å². The average Bonchev–Trinajstić information content (AvgIpc) is 2.88. The summed E-state index contributed by atoms with van der Waals surface area (Å²) in [6.07, 6.45) is 0. The summed E-state index contributed by atoms with van der Waals surface area (Å²) >= 11 is 0. The van der Waals surface area contributed by atoms with Gasteiger partial charge in [-0.2, -0.15) is 0 Å². The van der Waals surface area contributed by atoms with Crippen LogP contribution in [0.25, 0.3) is 16.8 Å². The molecule has 1 N–H and O–H groups in total. The SMILES string of the molecule is O=c1[nH]nc2n(Cc3ccc(F)cc3)c3ccccc3n2c1=O. The molecule has 0 spiro atoms. The van der Waals surface area contributed by atoms with Crippen LogP contribution in [0.15, 0.2) is 58.1 Å². The van der Waals surface area contributed by atoms with Crippen molar-refractivity contribution >= 4 is 16.8 Å². The summed E-state index contributed by atoms with van der Waals surface area (Å²) in [5, 5.41) is 6.23. The lowest BCUT2D eigenvalue weighted by atomic mass is 10.2. The van der Waals surface area contributed by atoms with Gasteiger partial charge in [0, 0.05) is 0 Å². The third-order valence-corrected chi connectivity index (χ3v) is 3.76. The second-order valence-electron chi connectivity index (χ2n) is 5.19. The van der Waals surface area contributed by atoms with E-state index in [0.717, 1.165) is 11.1 Å². The molecule has 0 radical (unpaired) electrons. The molecular formula is C16H11FN4O2. The minimum absolute atomic E-state index is 0.311. The number of nitrogens with zero attached hydrogens (tertiary/aromatic N) is 3. The Balaban J connectivity index is 2.04. The predicted octanol–water partition coefficient (Wildman–Crippen LogP) is 1.52. The van der Waals surface area contributed by atoms with Crippen molar-refractivity contribution in [3.05, 3.63) is 80.6 Å². The maximum Gasteiger partial charge on any atom is 0.330 e. The second kappa shape index (κ2) is 4.91. The largest absolute Gasteiger partial charge is 0.330 e. The Morgan fingerprint density at radius 3 is 2.43 bits per heavy atom. The fourth-order valence-electron chi connectivity index (χ4n) is 2.71. The summed E-state index contributed by atoms with van der Waals surface area (Å²) in [4.78, 5) is 23.7. The van der Waals surface area contributed by atoms with Crippen LogP contribution in [0.2, 0.25) is 0 Å². The first-order valence-electron chi connectivity index (χ1n) is 6.98. The lowest BCUT2D eigenvalue weighted by Crippen LogP contribution is -2.33. The molecule has 0 saturated heterocycles. The molecule has 0 bridgehead atoms. The lowest BCUT2D eigenvalue weighted by Gasteiger charge is -2.05. The molecule has 0 aliphatic carbocycles. The number of para-hydroxylation sites is 2. The van der Waals surface area contributed by atoms with E-state index in [4.69, 9.17) is 0 Å². The summed E-state index contributed by atoms with van der Waals surface area (Å²) in [5.74, 6) is 0.0229. The number of fused-ring (bicyclic) bond motifs is 3. The molecule has 2 heterocycles. The van der Waals surface area contributed by atoms with Gasteiger partial charge in [0.2, 0.25) is 5.78 Å². The van der Waals surface area contributed by atoms with E-state index in [1.54, 1.807) is 28.8 Å². The number of rotatable bonds is 2. The third-order valence-electron chi connectivity index (χ3n) is 3.76. The summed E-state index contributed by atoms with van der Waals surface area (Å²) in [7, 11) is 0. The van der Waals surface area contributed by atoms with Crippen molar-refractivity contribution in [2.45, 2.75) is 6.54 Å². The molecule has 0 atom stereocenters. The maximum absolute atomic E-state index is 13.1. The molecule has 114 valence electrons. The first kappa shape index (κ1) is 13.4. The maximum atomic E-state index is 13.1. The Bertz CT molecular complexity index is 1140. The fourth-order valence-corrected chi connectivity index (χ4v) is 2.71. The number of nitrogens with one attached hydrogen (secondary N) is 1. The number of halogens is 1. The molecule has 2 aromatic heterocycles. The standard InChI is InChI=1S/C16H11FN4O2/c17-11-7-5-10(6-8-11)9-20-12-3-1-2-4-13(12)21-15(23)14(22)18-19-16(20)21/h1-8H,9H2,(H,18,22). The number of benzene rings is 2. The van der Waals surface area contributed by atoms with Gasteiger partial charge in [-0.05, 0) is 29.8 Å². The normalized spacial score (nSPS) is 11.3. The molecule has 4 aromatic rings. The number of aromatic nitrogens is 4. The first-order chi connectivity index (χ1) is 11.1. The fraction of sp³-hybridized carbons (Fsp3) is 0.0625. The predicted molar refractivity (Wildman–Crippen MR) is 83.1 cm³/mol. The molecule has 7 heteroatoms. The molecule has 0 aliphatic heterocycles. The smallest absolute Gasteiger partial charge is 0.304 e. The van der Waals surface area contributed by atoms with Crippen LogP contribution in [-0.2, 0) is 6.54 Å². The summed E-state index contributed by atoms with van der Waals surface area (Å²) in [6.45, 7) is 0.399. The molecule has 0 fully saturated rings. The van der Waals surface area contributed by atoms with Crippen LogP contribution in [0, 0.1) is 5.82 Å². The highest BCUT2D eigenvalue weighted by Crippen LogP contribution is 2.19. The van der Waals surface area contributed by atoms with E-state index in [1.165, 1.54) is 16.5 Å². The van der Waals surface area contributed by atoms with Crippen LogP contribution < -0.4 is 11.1 Å². The highest BCUT2D eigenvalue weighted by Gasteiger charge is 2.14. The topological polar surface area (TPSA) is 72.2 Å². The van der Waals surface area contributed by atoms with Crippen molar-refractivity contribution in [3.63, 3.8) is 0 Å². The average molecular weight is 310 g/mol. The van der Waals surface area contributed by atoms with E-state index in [0.29, 0.717) is 17.8 Å². The van der Waals surface area contributed by atoms with Crippen molar-refractivity contribution in [1.82, 2.24) is 19.2 Å². The molecule has 0 amide bonds. The van der Waals surface area contributed by atoms with Crippen molar-refractivity contribution in [2.75, 3.05) is 0 Å². The Morgan fingerprint density at radius 1 is 1.00 bits per heavy atom. The molecule has 0 aliphatic rings. The zero-order chi connectivity index (χ0) is 16.0. The first-order valence-corrected chi connectivity index (χ1v) is 6.98. The van der Waals surface area contributed by atoms with Gasteiger partial charge in [-0.25, -0.2) is 13.9 Å². The van der Waals surface area contributed by atoms with Crippen molar-refractivity contribution in [1.29, 1.82) is 0 Å². The molecule has 0 unspecified atom stereocenters. The molecule has 2 aromatic carbocycles. The van der Waals surface area contributed by atoms with Crippen molar-refractivity contribution in [2.24, 2.45) is 0 Å². The Hall–Kier alpha value is -3.22. The molecule has 23 heavy (non-hydrogen) atoms. The summed E-state index contributed by atoms with van der Waals surface area (Å²) in [5.41, 5.74) is 0.778. The van der Waals surface area contributed by atoms with Crippen LogP contribution in [0.3, 0.4) is 0 Å². The van der Waals surface area contributed by atoms with Crippen LogP contribution in [0.1, 0.15) is 5.56 Å². The molecular weight excluding hydrogens is 299 g/mol. The number of imidazole rings is 1. The minimum Gasteiger partial charge on any atom is -0.304 e. The second-order valence-corrected chi connectivity index (χ2v) is 5.19. The van der Waals surface area contributed by atoms with Gasteiger partial charge in [-0.1, -0.05) is 24.3 Å². The van der Waals surface area contributed by atoms with E-state index in [-0.39, 0.29) is 5.82 Å². The van der Waals surface area contributed by atoms with Gasteiger partial charge in [0.25, 0.3) is 0 Å². The Labute approximate surface area is 128 Å². The molecule has 4 rings (SSSR count). The summed E-state index contributed by atoms with van der Waals surface area (Å²) < 4.78 is 16.2. The van der Waals surface area contributed by atoms with E-state index in [9.17, 15) is 14.0 Å². The van der Waals surface area contributed by atoms with E-state index in [1.807, 2.05) is 12.1 Å². The Kier molecular flexibility index (Phi) is 2.87. The van der Waals surface area contributed by atoms with Crippen LogP contribution in [0.5, 0.6) is 0 Å². The van der Waals surface area contributed by atoms with E-state index in [2.05, 4.69) is 10.2 Å². The zero-order valence-corrected chi connectivity index (χ0v) is 11.9. The van der Waals surface area contributed by atoms with Gasteiger partial charge in [0.15, 0.2) is 0 Å². The minimum atomic E-state index is -0.771. The number of hydrogen-bond acceptors (Lipinski definition) is 3. The highest BCUT2D eigenvalue weighted by atomic mass is 19.1. The van der Waals surface area contributed by atoms with E-state index >= 15 is 0 Å². The lowest BCUT2D eigenvalue weighted by molar-refractivity contribution is 0.626. The highest BCUT2D eigenvalue weighted by molar-refractivity contribution is 5.80. The molecule has 0 saturated carbocycles. The van der Waals surface area contributed by atoms with Gasteiger partial charge in [0.05, 0.1) is 17.6 Å². The third kappa shape index (κ3) is 2.05. The van der Waals surface area contributed by atoms with Crippen molar-refractivity contribution < 1.29 is 4.39 Å². The summed E-state index contributed by atoms with van der Waals surface area (Å²) in [6, 6.07) is 13.3. The monoisotopic (exact) mass is 310 g/mol. The number of H-pyrrole nitrogens is 1.